The average Bonchev–Trinajstić information content (AvgIpc) is 3.01. The van der Waals surface area contributed by atoms with Gasteiger partial charge in [0.25, 0.3) is 0 Å². The molecule has 1 fully saturated rings. The molecule has 0 spiro atoms. The minimum Gasteiger partial charge on any atom is -0.392 e. The molecule has 2 heterocycles. The van der Waals surface area contributed by atoms with Gasteiger partial charge < -0.3 is 14.9 Å². The van der Waals surface area contributed by atoms with Crippen LogP contribution in [-0.2, 0) is 0 Å². The molecule has 1 aromatic heterocycles. The Balaban J connectivity index is 1.86. The first-order chi connectivity index (χ1) is 9.13. The van der Waals surface area contributed by atoms with Crippen LogP contribution in [0, 0.1) is 5.82 Å². The van der Waals surface area contributed by atoms with Crippen LogP contribution in [0.25, 0.3) is 11.4 Å². The summed E-state index contributed by atoms with van der Waals surface area (Å²) in [5.41, 5.74) is 0.668. The van der Waals surface area contributed by atoms with Crippen molar-refractivity contribution in [2.24, 2.45) is 0 Å². The van der Waals surface area contributed by atoms with E-state index in [9.17, 15) is 9.50 Å². The van der Waals surface area contributed by atoms with Gasteiger partial charge in [-0.2, -0.15) is 4.98 Å². The number of β-amino-alcohol motifs (C(OH)–C–C–N with tert-alkyl or cyclic N) is 1. The van der Waals surface area contributed by atoms with Crippen molar-refractivity contribution < 1.29 is 14.0 Å². The predicted molar refractivity (Wildman–Crippen MR) is 68.8 cm³/mol. The van der Waals surface area contributed by atoms with E-state index in [-0.39, 0.29) is 18.0 Å². The first kappa shape index (κ1) is 12.7. The Morgan fingerprint density at radius 2 is 2.32 bits per heavy atom. The van der Waals surface area contributed by atoms with E-state index in [0.717, 1.165) is 0 Å². The zero-order chi connectivity index (χ0) is 13.4. The molecule has 2 unspecified atom stereocenters. The largest absolute Gasteiger partial charge is 0.392 e. The summed E-state index contributed by atoms with van der Waals surface area (Å²) in [6.07, 6.45) is 0.162. The summed E-state index contributed by atoms with van der Waals surface area (Å²) in [4.78, 5) is 4.27. The molecule has 19 heavy (non-hydrogen) atoms. The minimum atomic E-state index is -0.389. The maximum Gasteiger partial charge on any atom is 0.244 e. The minimum absolute atomic E-state index is 0.125. The summed E-state index contributed by atoms with van der Waals surface area (Å²) in [7, 11) is 0. The number of nitrogens with zero attached hydrogens (tertiary/aromatic N) is 2. The van der Waals surface area contributed by atoms with Gasteiger partial charge in [0.1, 0.15) is 5.82 Å². The Bertz CT molecular complexity index is 604. The predicted octanol–water partition coefficient (Wildman–Crippen LogP) is 2.03. The molecule has 0 radical (unpaired) electrons. The van der Waals surface area contributed by atoms with Gasteiger partial charge in [0.15, 0.2) is 0 Å². The molecule has 1 aromatic carbocycles. The third kappa shape index (κ3) is 2.54. The number of hydrogen-bond donors (Lipinski definition) is 2. The van der Waals surface area contributed by atoms with E-state index >= 15 is 0 Å². The molecule has 0 aliphatic carbocycles. The summed E-state index contributed by atoms with van der Waals surface area (Å²) in [5.74, 6) is 0.499. The highest BCUT2D eigenvalue weighted by molar-refractivity contribution is 9.10. The fraction of sp³-hybridized carbons (Fsp3) is 0.333. The van der Waals surface area contributed by atoms with Gasteiger partial charge in [-0.25, -0.2) is 4.39 Å². The van der Waals surface area contributed by atoms with Crippen LogP contribution in [0.15, 0.2) is 27.2 Å². The molecule has 0 saturated carbocycles. The van der Waals surface area contributed by atoms with E-state index in [0.29, 0.717) is 34.7 Å². The summed E-state index contributed by atoms with van der Waals surface area (Å²) < 4.78 is 18.7. The molecule has 2 N–H and O–H groups in total. The van der Waals surface area contributed by atoms with Gasteiger partial charge in [-0.05, 0) is 40.5 Å². The summed E-state index contributed by atoms with van der Waals surface area (Å²) in [6.45, 7) is 0.518. The Hall–Kier alpha value is -1.31. The quantitative estimate of drug-likeness (QED) is 0.883. The van der Waals surface area contributed by atoms with Crippen molar-refractivity contribution in [2.45, 2.75) is 18.6 Å². The van der Waals surface area contributed by atoms with Crippen LogP contribution < -0.4 is 5.32 Å². The summed E-state index contributed by atoms with van der Waals surface area (Å²) in [6, 6.07) is 4.40. The molecular weight excluding hydrogens is 317 g/mol. The second kappa shape index (κ2) is 4.99. The van der Waals surface area contributed by atoms with E-state index in [1.807, 2.05) is 0 Å². The lowest BCUT2D eigenvalue weighted by atomic mass is 10.2. The van der Waals surface area contributed by atoms with E-state index in [2.05, 4.69) is 31.4 Å². The fourth-order valence-electron chi connectivity index (χ4n) is 2.03. The molecule has 7 heteroatoms. The van der Waals surface area contributed by atoms with Gasteiger partial charge >= 0.3 is 0 Å². The van der Waals surface area contributed by atoms with Crippen molar-refractivity contribution in [2.75, 3.05) is 6.54 Å². The molecule has 0 bridgehead atoms. The van der Waals surface area contributed by atoms with Crippen LogP contribution in [0.1, 0.15) is 18.4 Å². The number of rotatable bonds is 2. The second-order valence-corrected chi connectivity index (χ2v) is 5.29. The molecule has 0 amide bonds. The second-order valence-electron chi connectivity index (χ2n) is 4.44. The SMILES string of the molecule is OC1CNC(c2nc(-c3ccc(F)c(Br)c3)no2)C1. The van der Waals surface area contributed by atoms with Crippen LogP contribution in [0.2, 0.25) is 0 Å². The fourth-order valence-corrected chi connectivity index (χ4v) is 2.41. The summed E-state index contributed by atoms with van der Waals surface area (Å²) in [5, 5.41) is 16.4. The van der Waals surface area contributed by atoms with E-state index < -0.39 is 0 Å². The molecule has 1 saturated heterocycles. The number of hydrogen-bond acceptors (Lipinski definition) is 5. The standard InChI is InChI=1S/C12H11BrFN3O2/c13-8-3-6(1-2-9(8)14)11-16-12(19-17-11)10-4-7(18)5-15-10/h1-3,7,10,15,18H,4-5H2. The number of nitrogens with one attached hydrogen (secondary N) is 1. The molecule has 100 valence electrons. The zero-order valence-corrected chi connectivity index (χ0v) is 11.4. The van der Waals surface area contributed by atoms with Crippen molar-refractivity contribution in [3.63, 3.8) is 0 Å². The van der Waals surface area contributed by atoms with Gasteiger partial charge in [0.2, 0.25) is 11.7 Å². The smallest absolute Gasteiger partial charge is 0.244 e. The lowest BCUT2D eigenvalue weighted by Crippen LogP contribution is -2.15. The van der Waals surface area contributed by atoms with Crippen molar-refractivity contribution in [3.05, 3.63) is 34.4 Å². The van der Waals surface area contributed by atoms with Crippen LogP contribution in [0.5, 0.6) is 0 Å². The first-order valence-corrected chi connectivity index (χ1v) is 6.63. The first-order valence-electron chi connectivity index (χ1n) is 5.84. The van der Waals surface area contributed by atoms with E-state index in [1.54, 1.807) is 12.1 Å². The van der Waals surface area contributed by atoms with Crippen molar-refractivity contribution in [3.8, 4) is 11.4 Å². The molecule has 1 aliphatic heterocycles. The van der Waals surface area contributed by atoms with Crippen molar-refractivity contribution in [1.29, 1.82) is 0 Å². The molecule has 2 aromatic rings. The van der Waals surface area contributed by atoms with Gasteiger partial charge in [-0.15, -0.1) is 0 Å². The van der Waals surface area contributed by atoms with Crippen LogP contribution in [-0.4, -0.2) is 27.9 Å². The lowest BCUT2D eigenvalue weighted by Gasteiger charge is -2.01. The molecule has 1 aliphatic rings. The van der Waals surface area contributed by atoms with Crippen LogP contribution in [0.4, 0.5) is 4.39 Å². The van der Waals surface area contributed by atoms with Crippen LogP contribution in [0.3, 0.4) is 0 Å². The Morgan fingerprint density at radius 3 is 3.00 bits per heavy atom. The van der Waals surface area contributed by atoms with Crippen molar-refractivity contribution >= 4 is 15.9 Å². The Labute approximate surface area is 117 Å². The van der Waals surface area contributed by atoms with Crippen molar-refractivity contribution in [1.82, 2.24) is 15.5 Å². The highest BCUT2D eigenvalue weighted by Gasteiger charge is 2.28. The van der Waals surface area contributed by atoms with Gasteiger partial charge in [-0.1, -0.05) is 5.16 Å². The maximum absolute atomic E-state index is 13.2. The van der Waals surface area contributed by atoms with Crippen LogP contribution >= 0.6 is 15.9 Å². The Kier molecular flexibility index (Phi) is 3.34. The third-order valence-corrected chi connectivity index (χ3v) is 3.63. The normalized spacial score (nSPS) is 22.9. The summed E-state index contributed by atoms with van der Waals surface area (Å²) >= 11 is 3.12. The number of aromatic nitrogens is 2. The van der Waals surface area contributed by atoms with Gasteiger partial charge in [0, 0.05) is 12.1 Å². The maximum atomic E-state index is 13.2. The molecule has 3 rings (SSSR count). The highest BCUT2D eigenvalue weighted by atomic mass is 79.9. The number of aliphatic hydroxyl groups is 1. The molecular formula is C12H11BrFN3O2. The third-order valence-electron chi connectivity index (χ3n) is 3.03. The highest BCUT2D eigenvalue weighted by Crippen LogP contribution is 2.26. The van der Waals surface area contributed by atoms with E-state index in [1.165, 1.54) is 6.07 Å². The average molecular weight is 328 g/mol. The van der Waals surface area contributed by atoms with E-state index in [4.69, 9.17) is 4.52 Å². The molecule has 5 nitrogen and oxygen atoms in total. The lowest BCUT2D eigenvalue weighted by molar-refractivity contribution is 0.191. The monoisotopic (exact) mass is 327 g/mol. The number of benzene rings is 1. The van der Waals surface area contributed by atoms with Gasteiger partial charge in [0.05, 0.1) is 16.6 Å². The Morgan fingerprint density at radius 1 is 1.47 bits per heavy atom. The molecule has 2 atom stereocenters. The zero-order valence-electron chi connectivity index (χ0n) is 9.81. The van der Waals surface area contributed by atoms with Gasteiger partial charge in [-0.3, -0.25) is 0 Å². The number of halogens is 2. The topological polar surface area (TPSA) is 71.2 Å². The number of aliphatic hydroxyl groups excluding tert-OH is 1.